The first kappa shape index (κ1) is 23.9. The van der Waals surface area contributed by atoms with Gasteiger partial charge in [-0.25, -0.2) is 9.98 Å². The van der Waals surface area contributed by atoms with Crippen LogP contribution in [0.1, 0.15) is 36.5 Å². The molecular formula is C22H31ClIN5. The average Bonchev–Trinajstić information content (AvgIpc) is 3.22. The van der Waals surface area contributed by atoms with Gasteiger partial charge in [-0.2, -0.15) is 0 Å². The quantitative estimate of drug-likeness (QED) is 0.233. The second-order valence-corrected chi connectivity index (χ2v) is 7.55. The molecule has 0 saturated carbocycles. The van der Waals surface area contributed by atoms with Gasteiger partial charge in [0.25, 0.3) is 0 Å². The Kier molecular flexibility index (Phi) is 10.7. The number of halogens is 2. The van der Waals surface area contributed by atoms with Crippen LogP contribution in [-0.4, -0.2) is 42.0 Å². The minimum absolute atomic E-state index is 0. The number of nitrogens with zero attached hydrogens (tertiary/aromatic N) is 3. The van der Waals surface area contributed by atoms with E-state index in [1.807, 2.05) is 18.3 Å². The third-order valence-electron chi connectivity index (χ3n) is 4.89. The van der Waals surface area contributed by atoms with E-state index in [1.165, 1.54) is 37.1 Å². The van der Waals surface area contributed by atoms with Crippen LogP contribution in [-0.2, 0) is 19.5 Å². The van der Waals surface area contributed by atoms with E-state index in [2.05, 4.69) is 51.7 Å². The molecular weight excluding hydrogens is 497 g/mol. The van der Waals surface area contributed by atoms with Gasteiger partial charge in [0.15, 0.2) is 5.96 Å². The zero-order valence-corrected chi connectivity index (χ0v) is 20.1. The van der Waals surface area contributed by atoms with Gasteiger partial charge in [-0.3, -0.25) is 4.90 Å². The van der Waals surface area contributed by atoms with Crippen molar-refractivity contribution in [2.45, 2.75) is 39.3 Å². The van der Waals surface area contributed by atoms with Gasteiger partial charge in [-0.1, -0.05) is 41.9 Å². The highest BCUT2D eigenvalue weighted by Gasteiger charge is 2.11. The Bertz CT molecular complexity index is 743. The number of guanidine groups is 1. The Morgan fingerprint density at radius 3 is 2.38 bits per heavy atom. The molecule has 5 nitrogen and oxygen atoms in total. The molecule has 0 bridgehead atoms. The summed E-state index contributed by atoms with van der Waals surface area (Å²) in [5.41, 5.74) is 3.77. The first-order valence-electron chi connectivity index (χ1n) is 10.2. The van der Waals surface area contributed by atoms with Crippen molar-refractivity contribution >= 4 is 41.5 Å². The molecule has 0 atom stereocenters. The first-order valence-corrected chi connectivity index (χ1v) is 10.5. The fourth-order valence-electron chi connectivity index (χ4n) is 3.34. The van der Waals surface area contributed by atoms with E-state index < -0.39 is 0 Å². The van der Waals surface area contributed by atoms with Gasteiger partial charge < -0.3 is 10.6 Å². The average molecular weight is 528 g/mol. The highest BCUT2D eigenvalue weighted by atomic mass is 127. The van der Waals surface area contributed by atoms with E-state index in [0.29, 0.717) is 11.7 Å². The van der Waals surface area contributed by atoms with Crippen LogP contribution in [0.25, 0.3) is 0 Å². The van der Waals surface area contributed by atoms with Crippen LogP contribution in [0.4, 0.5) is 0 Å². The summed E-state index contributed by atoms with van der Waals surface area (Å²) < 4.78 is 0. The first-order chi connectivity index (χ1) is 13.7. The second-order valence-electron chi connectivity index (χ2n) is 7.16. The number of aromatic nitrogens is 1. The molecule has 0 radical (unpaired) electrons. The molecule has 1 saturated heterocycles. The second kappa shape index (κ2) is 13.0. The normalized spacial score (nSPS) is 14.5. The number of aliphatic imine (C=N–C) groups is 1. The molecule has 0 amide bonds. The van der Waals surface area contributed by atoms with Crippen LogP contribution in [0, 0.1) is 0 Å². The van der Waals surface area contributed by atoms with Gasteiger partial charge in [-0.15, -0.1) is 24.0 Å². The molecule has 2 heterocycles. The maximum Gasteiger partial charge on any atom is 0.191 e. The van der Waals surface area contributed by atoms with E-state index in [1.54, 1.807) is 0 Å². The maximum absolute atomic E-state index is 5.83. The van der Waals surface area contributed by atoms with E-state index in [9.17, 15) is 0 Å². The number of benzene rings is 1. The van der Waals surface area contributed by atoms with Gasteiger partial charge in [0.2, 0.25) is 0 Å². The van der Waals surface area contributed by atoms with Crippen LogP contribution >= 0.6 is 35.6 Å². The summed E-state index contributed by atoms with van der Waals surface area (Å²) in [5, 5.41) is 7.21. The lowest BCUT2D eigenvalue weighted by molar-refractivity contribution is 0.331. The van der Waals surface area contributed by atoms with E-state index in [0.717, 1.165) is 37.6 Å². The monoisotopic (exact) mass is 527 g/mol. The smallest absolute Gasteiger partial charge is 0.191 e. The molecule has 29 heavy (non-hydrogen) atoms. The van der Waals surface area contributed by atoms with Crippen molar-refractivity contribution in [2.75, 3.05) is 26.2 Å². The molecule has 1 aliphatic heterocycles. The van der Waals surface area contributed by atoms with Crippen molar-refractivity contribution in [3.8, 4) is 0 Å². The number of rotatable bonds is 8. The lowest BCUT2D eigenvalue weighted by Gasteiger charge is -2.14. The summed E-state index contributed by atoms with van der Waals surface area (Å²) in [6.45, 7) is 7.90. The zero-order chi connectivity index (χ0) is 19.6. The molecule has 0 spiro atoms. The highest BCUT2D eigenvalue weighted by molar-refractivity contribution is 14.0. The fourth-order valence-corrected chi connectivity index (χ4v) is 3.45. The predicted octanol–water partition coefficient (Wildman–Crippen LogP) is 4.25. The minimum atomic E-state index is 0. The molecule has 1 aromatic carbocycles. The molecule has 3 rings (SSSR count). The molecule has 7 heteroatoms. The van der Waals surface area contributed by atoms with Gasteiger partial charge in [0, 0.05) is 25.8 Å². The van der Waals surface area contributed by atoms with Crippen molar-refractivity contribution in [3.63, 3.8) is 0 Å². The highest BCUT2D eigenvalue weighted by Crippen LogP contribution is 2.13. The third-order valence-corrected chi connectivity index (χ3v) is 5.11. The lowest BCUT2D eigenvalue weighted by atomic mass is 10.1. The van der Waals surface area contributed by atoms with Crippen LogP contribution in [0.15, 0.2) is 47.6 Å². The van der Waals surface area contributed by atoms with Crippen LogP contribution in [0.2, 0.25) is 5.15 Å². The molecule has 158 valence electrons. The summed E-state index contributed by atoms with van der Waals surface area (Å²) in [5.74, 6) is 0.838. The van der Waals surface area contributed by atoms with Crippen LogP contribution in [0.5, 0.6) is 0 Å². The topological polar surface area (TPSA) is 52.6 Å². The minimum Gasteiger partial charge on any atom is -0.357 e. The Morgan fingerprint density at radius 2 is 1.72 bits per heavy atom. The van der Waals surface area contributed by atoms with Crippen molar-refractivity contribution in [2.24, 2.45) is 4.99 Å². The van der Waals surface area contributed by atoms with Gasteiger partial charge in [0.05, 0.1) is 6.54 Å². The van der Waals surface area contributed by atoms with Gasteiger partial charge in [0.1, 0.15) is 5.15 Å². The standard InChI is InChI=1S/C22H30ClN5.HI/c1-2-24-22(25-12-11-19-9-10-21(23)26-15-19)27-16-18-5-7-20(8-6-18)17-28-13-3-4-14-28;/h5-10,15H,2-4,11-14,16-17H2,1H3,(H2,24,25,27);1H. The fraction of sp³-hybridized carbons (Fsp3) is 0.455. The van der Waals surface area contributed by atoms with Crippen molar-refractivity contribution in [1.29, 1.82) is 0 Å². The SMILES string of the molecule is CCNC(=NCc1ccc(CN2CCCC2)cc1)NCCc1ccc(Cl)nc1.I. The van der Waals surface area contributed by atoms with Crippen molar-refractivity contribution in [1.82, 2.24) is 20.5 Å². The predicted molar refractivity (Wildman–Crippen MR) is 132 cm³/mol. The lowest BCUT2D eigenvalue weighted by Crippen LogP contribution is -2.38. The summed E-state index contributed by atoms with van der Waals surface area (Å²) in [7, 11) is 0. The van der Waals surface area contributed by atoms with Crippen LogP contribution < -0.4 is 10.6 Å². The van der Waals surface area contributed by atoms with Crippen molar-refractivity contribution in [3.05, 3.63) is 64.4 Å². The summed E-state index contributed by atoms with van der Waals surface area (Å²) >= 11 is 5.83. The summed E-state index contributed by atoms with van der Waals surface area (Å²) in [4.78, 5) is 11.4. The summed E-state index contributed by atoms with van der Waals surface area (Å²) in [6, 6.07) is 12.7. The Balaban J connectivity index is 0.00000300. The van der Waals surface area contributed by atoms with Crippen molar-refractivity contribution < 1.29 is 0 Å². The largest absolute Gasteiger partial charge is 0.357 e. The van der Waals surface area contributed by atoms with Gasteiger partial charge in [-0.05, 0) is 62.0 Å². The number of hydrogen-bond acceptors (Lipinski definition) is 3. The van der Waals surface area contributed by atoms with E-state index >= 15 is 0 Å². The molecule has 2 aromatic rings. The Hall–Kier alpha value is -1.38. The zero-order valence-electron chi connectivity index (χ0n) is 17.0. The molecule has 0 aliphatic carbocycles. The molecule has 0 unspecified atom stereocenters. The Labute approximate surface area is 196 Å². The third kappa shape index (κ3) is 8.48. The number of nitrogens with one attached hydrogen (secondary N) is 2. The molecule has 1 aliphatic rings. The maximum atomic E-state index is 5.83. The number of likely N-dealkylation sites (tertiary alicyclic amines) is 1. The molecule has 2 N–H and O–H groups in total. The number of pyridine rings is 1. The van der Waals surface area contributed by atoms with E-state index in [4.69, 9.17) is 16.6 Å². The number of hydrogen-bond donors (Lipinski definition) is 2. The molecule has 1 aromatic heterocycles. The van der Waals surface area contributed by atoms with Crippen LogP contribution in [0.3, 0.4) is 0 Å². The van der Waals surface area contributed by atoms with E-state index in [-0.39, 0.29) is 24.0 Å². The molecule has 1 fully saturated rings. The Morgan fingerprint density at radius 1 is 1.03 bits per heavy atom. The van der Waals surface area contributed by atoms with Gasteiger partial charge >= 0.3 is 0 Å². The summed E-state index contributed by atoms with van der Waals surface area (Å²) in [6.07, 6.45) is 5.36.